The van der Waals surface area contributed by atoms with Crippen molar-refractivity contribution in [2.75, 3.05) is 25.9 Å². The second-order valence-corrected chi connectivity index (χ2v) is 4.38. The SMILES string of the molecule is CCNC(=O)NC(=NC(=O)N1CCCC1)SC. The number of carbonyl (C=O) groups is 2. The van der Waals surface area contributed by atoms with E-state index in [1.807, 2.05) is 6.92 Å². The van der Waals surface area contributed by atoms with Crippen molar-refractivity contribution in [1.29, 1.82) is 0 Å². The molecule has 0 atom stereocenters. The van der Waals surface area contributed by atoms with Crippen LogP contribution in [0.2, 0.25) is 0 Å². The van der Waals surface area contributed by atoms with E-state index in [-0.39, 0.29) is 12.1 Å². The molecule has 1 saturated heterocycles. The number of nitrogens with zero attached hydrogens (tertiary/aromatic N) is 2. The normalized spacial score (nSPS) is 15.9. The smallest absolute Gasteiger partial charge is 0.338 e. The summed E-state index contributed by atoms with van der Waals surface area (Å²) in [5.74, 6) is 0. The average molecular weight is 258 g/mol. The predicted octanol–water partition coefficient (Wildman–Crippen LogP) is 1.24. The minimum absolute atomic E-state index is 0.274. The highest BCUT2D eigenvalue weighted by Gasteiger charge is 2.18. The Kier molecular flexibility index (Phi) is 5.82. The molecule has 17 heavy (non-hydrogen) atoms. The van der Waals surface area contributed by atoms with Gasteiger partial charge in [0, 0.05) is 19.6 Å². The topological polar surface area (TPSA) is 73.8 Å². The van der Waals surface area contributed by atoms with Crippen molar-refractivity contribution in [1.82, 2.24) is 15.5 Å². The Morgan fingerprint density at radius 1 is 1.35 bits per heavy atom. The van der Waals surface area contributed by atoms with Crippen molar-refractivity contribution >= 4 is 29.0 Å². The quantitative estimate of drug-likeness (QED) is 0.549. The Balaban J connectivity index is 2.52. The van der Waals surface area contributed by atoms with Gasteiger partial charge in [0.2, 0.25) is 0 Å². The summed E-state index contributed by atoms with van der Waals surface area (Å²) in [6, 6.07) is -0.613. The van der Waals surface area contributed by atoms with E-state index in [4.69, 9.17) is 0 Å². The minimum atomic E-state index is -0.338. The first kappa shape index (κ1) is 13.8. The third kappa shape index (κ3) is 4.64. The molecule has 0 unspecified atom stereocenters. The van der Waals surface area contributed by atoms with Crippen LogP contribution in [0.3, 0.4) is 0 Å². The fourth-order valence-electron chi connectivity index (χ4n) is 1.49. The van der Waals surface area contributed by atoms with E-state index in [1.54, 1.807) is 11.2 Å². The zero-order valence-corrected chi connectivity index (χ0v) is 11.0. The highest BCUT2D eigenvalue weighted by Crippen LogP contribution is 2.09. The van der Waals surface area contributed by atoms with Gasteiger partial charge in [0.25, 0.3) is 0 Å². The Labute approximate surface area is 105 Å². The Hall–Kier alpha value is -1.24. The average Bonchev–Trinajstić information content (AvgIpc) is 2.81. The largest absolute Gasteiger partial charge is 0.345 e. The molecule has 1 heterocycles. The second-order valence-electron chi connectivity index (χ2n) is 3.58. The van der Waals surface area contributed by atoms with Gasteiger partial charge in [-0.05, 0) is 26.0 Å². The molecule has 1 aliphatic rings. The van der Waals surface area contributed by atoms with Crippen LogP contribution in [0.5, 0.6) is 0 Å². The number of aliphatic imine (C=N–C) groups is 1. The Morgan fingerprint density at radius 2 is 2.00 bits per heavy atom. The van der Waals surface area contributed by atoms with Gasteiger partial charge in [0.15, 0.2) is 5.17 Å². The Morgan fingerprint density at radius 3 is 2.53 bits per heavy atom. The fraction of sp³-hybridized carbons (Fsp3) is 0.700. The summed E-state index contributed by atoms with van der Waals surface area (Å²) in [4.78, 5) is 28.6. The number of likely N-dealkylation sites (tertiary alicyclic amines) is 1. The van der Waals surface area contributed by atoms with E-state index in [1.165, 1.54) is 11.8 Å². The van der Waals surface area contributed by atoms with Gasteiger partial charge in [-0.1, -0.05) is 11.8 Å². The van der Waals surface area contributed by atoms with Crippen LogP contribution in [0.4, 0.5) is 9.59 Å². The van der Waals surface area contributed by atoms with Crippen molar-refractivity contribution in [3.05, 3.63) is 0 Å². The van der Waals surface area contributed by atoms with Gasteiger partial charge >= 0.3 is 12.1 Å². The van der Waals surface area contributed by atoms with Gasteiger partial charge in [0.05, 0.1) is 0 Å². The zero-order chi connectivity index (χ0) is 12.7. The lowest BCUT2D eigenvalue weighted by molar-refractivity contribution is 0.219. The first-order valence-corrected chi connectivity index (χ1v) is 6.86. The van der Waals surface area contributed by atoms with Crippen LogP contribution in [0.1, 0.15) is 19.8 Å². The number of amides is 4. The molecule has 96 valence electrons. The molecule has 0 bridgehead atoms. The summed E-state index contributed by atoms with van der Waals surface area (Å²) < 4.78 is 0. The molecule has 1 rings (SSSR count). The van der Waals surface area contributed by atoms with Crippen LogP contribution in [-0.4, -0.2) is 48.0 Å². The van der Waals surface area contributed by atoms with Crippen LogP contribution in [0.15, 0.2) is 4.99 Å². The molecule has 0 radical (unpaired) electrons. The maximum Gasteiger partial charge on any atom is 0.345 e. The Bertz CT molecular complexity index is 313. The molecular weight excluding hydrogens is 240 g/mol. The van der Waals surface area contributed by atoms with Crippen molar-refractivity contribution in [3.8, 4) is 0 Å². The second kappa shape index (κ2) is 7.16. The van der Waals surface area contributed by atoms with Gasteiger partial charge in [-0.15, -0.1) is 0 Å². The van der Waals surface area contributed by atoms with Crippen molar-refractivity contribution < 1.29 is 9.59 Å². The number of nitrogens with one attached hydrogen (secondary N) is 2. The fourth-order valence-corrected chi connectivity index (χ4v) is 1.86. The standard InChI is InChI=1S/C10H18N4O2S/c1-3-11-8(15)12-9(17-2)13-10(16)14-6-4-5-7-14/h3-7H2,1-2H3,(H2,11,12,13,15,16). The first-order valence-electron chi connectivity index (χ1n) is 5.63. The van der Waals surface area contributed by atoms with E-state index < -0.39 is 0 Å². The highest BCUT2D eigenvalue weighted by atomic mass is 32.2. The third-order valence-electron chi connectivity index (χ3n) is 2.32. The number of hydrogen-bond donors (Lipinski definition) is 2. The summed E-state index contributed by atoms with van der Waals surface area (Å²) in [5, 5.41) is 5.45. The maximum atomic E-state index is 11.7. The number of rotatable bonds is 1. The lowest BCUT2D eigenvalue weighted by Gasteiger charge is -2.12. The molecular formula is C10H18N4O2S. The lowest BCUT2D eigenvalue weighted by atomic mass is 10.4. The molecule has 0 aromatic carbocycles. The maximum absolute atomic E-state index is 11.7. The molecule has 4 amide bonds. The lowest BCUT2D eigenvalue weighted by Crippen LogP contribution is -2.39. The summed E-state index contributed by atoms with van der Waals surface area (Å²) >= 11 is 1.24. The molecule has 0 aliphatic carbocycles. The zero-order valence-electron chi connectivity index (χ0n) is 10.2. The van der Waals surface area contributed by atoms with Crippen LogP contribution < -0.4 is 10.6 Å². The number of carbonyl (C=O) groups excluding carboxylic acids is 2. The van der Waals surface area contributed by atoms with Crippen LogP contribution in [0.25, 0.3) is 0 Å². The van der Waals surface area contributed by atoms with Crippen LogP contribution >= 0.6 is 11.8 Å². The van der Waals surface area contributed by atoms with Gasteiger partial charge in [-0.2, -0.15) is 4.99 Å². The molecule has 2 N–H and O–H groups in total. The molecule has 0 aromatic rings. The van der Waals surface area contributed by atoms with Gasteiger partial charge < -0.3 is 10.2 Å². The van der Waals surface area contributed by atoms with Gasteiger partial charge in [-0.3, -0.25) is 5.32 Å². The number of urea groups is 2. The van der Waals surface area contributed by atoms with Crippen molar-refractivity contribution in [3.63, 3.8) is 0 Å². The van der Waals surface area contributed by atoms with Gasteiger partial charge in [-0.25, -0.2) is 9.59 Å². The predicted molar refractivity (Wildman–Crippen MR) is 69.4 cm³/mol. The minimum Gasteiger partial charge on any atom is -0.338 e. The first-order chi connectivity index (χ1) is 8.17. The van der Waals surface area contributed by atoms with E-state index in [0.29, 0.717) is 11.7 Å². The number of amidine groups is 1. The number of hydrogen-bond acceptors (Lipinski definition) is 3. The molecule has 6 nitrogen and oxygen atoms in total. The third-order valence-corrected chi connectivity index (χ3v) is 2.90. The van der Waals surface area contributed by atoms with E-state index in [9.17, 15) is 9.59 Å². The van der Waals surface area contributed by atoms with E-state index >= 15 is 0 Å². The molecule has 1 fully saturated rings. The highest BCUT2D eigenvalue weighted by molar-refractivity contribution is 8.13. The van der Waals surface area contributed by atoms with E-state index in [0.717, 1.165) is 25.9 Å². The summed E-state index contributed by atoms with van der Waals surface area (Å²) in [7, 11) is 0. The van der Waals surface area contributed by atoms with Crippen molar-refractivity contribution in [2.24, 2.45) is 4.99 Å². The van der Waals surface area contributed by atoms with Gasteiger partial charge in [0.1, 0.15) is 0 Å². The van der Waals surface area contributed by atoms with Crippen LogP contribution in [0, 0.1) is 0 Å². The molecule has 0 spiro atoms. The molecule has 1 aliphatic heterocycles. The van der Waals surface area contributed by atoms with Crippen molar-refractivity contribution in [2.45, 2.75) is 19.8 Å². The monoisotopic (exact) mass is 258 g/mol. The van der Waals surface area contributed by atoms with Crippen LogP contribution in [-0.2, 0) is 0 Å². The number of thioether (sulfide) groups is 1. The molecule has 0 saturated carbocycles. The summed E-state index contributed by atoms with van der Waals surface area (Å²) in [6.45, 7) is 3.87. The summed E-state index contributed by atoms with van der Waals surface area (Å²) in [6.07, 6.45) is 3.82. The molecule has 0 aromatic heterocycles. The molecule has 7 heteroatoms. The van der Waals surface area contributed by atoms with E-state index in [2.05, 4.69) is 15.6 Å². The summed E-state index contributed by atoms with van der Waals surface area (Å²) in [5.41, 5.74) is 0.